The summed E-state index contributed by atoms with van der Waals surface area (Å²) in [7, 11) is 2.02. The molecule has 17 heavy (non-hydrogen) atoms. The minimum atomic E-state index is 0.271. The van der Waals surface area contributed by atoms with Gasteiger partial charge in [0.15, 0.2) is 0 Å². The summed E-state index contributed by atoms with van der Waals surface area (Å²) < 4.78 is 3.15. The molecule has 0 fully saturated rings. The lowest BCUT2D eigenvalue weighted by atomic mass is 9.95. The summed E-state index contributed by atoms with van der Waals surface area (Å²) in [4.78, 5) is 4.43. The van der Waals surface area contributed by atoms with Gasteiger partial charge in [-0.15, -0.1) is 0 Å². The summed E-state index contributed by atoms with van der Waals surface area (Å²) in [5, 5.41) is 0. The van der Waals surface area contributed by atoms with E-state index in [0.717, 1.165) is 16.7 Å². The first-order valence-electron chi connectivity index (χ1n) is 5.65. The molecule has 1 aromatic carbocycles. The van der Waals surface area contributed by atoms with Crippen LogP contribution < -0.4 is 5.73 Å². The van der Waals surface area contributed by atoms with Gasteiger partial charge in [0.05, 0.1) is 0 Å². The number of nitrogens with zero attached hydrogens (tertiary/aromatic N) is 2. The molecule has 0 spiro atoms. The Kier molecular flexibility index (Phi) is 3.97. The lowest BCUT2D eigenvalue weighted by molar-refractivity contribution is 0.648. The topological polar surface area (TPSA) is 43.8 Å². The Labute approximate surface area is 110 Å². The number of hydrogen-bond donors (Lipinski definition) is 1. The van der Waals surface area contributed by atoms with Gasteiger partial charge in [-0.2, -0.15) is 0 Å². The number of hydrogen-bond acceptors (Lipinski definition) is 2. The highest BCUT2D eigenvalue weighted by Crippen LogP contribution is 2.27. The van der Waals surface area contributed by atoms with Crippen molar-refractivity contribution in [1.29, 1.82) is 0 Å². The molecule has 1 aromatic heterocycles. The molecule has 1 atom stereocenters. The number of halogens is 1. The largest absolute Gasteiger partial charge is 0.337 e. The van der Waals surface area contributed by atoms with E-state index in [9.17, 15) is 0 Å². The second kappa shape index (κ2) is 5.47. The first-order valence-corrected chi connectivity index (χ1v) is 6.44. The molecule has 0 saturated carbocycles. The van der Waals surface area contributed by atoms with Crippen molar-refractivity contribution < 1.29 is 0 Å². The van der Waals surface area contributed by atoms with E-state index in [2.05, 4.69) is 49.7 Å². The van der Waals surface area contributed by atoms with E-state index in [1.54, 1.807) is 0 Å². The van der Waals surface area contributed by atoms with E-state index in [0.29, 0.717) is 6.54 Å². The maximum absolute atomic E-state index is 5.71. The number of rotatable bonds is 4. The summed E-state index contributed by atoms with van der Waals surface area (Å²) in [6.45, 7) is 0.660. The third-order valence-electron chi connectivity index (χ3n) is 2.90. The molecular weight excluding hydrogens is 278 g/mol. The van der Waals surface area contributed by atoms with Gasteiger partial charge >= 0.3 is 0 Å². The average molecular weight is 294 g/mol. The van der Waals surface area contributed by atoms with Crippen LogP contribution in [0, 0.1) is 0 Å². The molecule has 0 radical (unpaired) electrons. The van der Waals surface area contributed by atoms with Crippen LogP contribution in [0.1, 0.15) is 23.7 Å². The molecule has 0 aliphatic carbocycles. The van der Waals surface area contributed by atoms with Crippen LogP contribution in [-0.2, 0) is 7.05 Å². The van der Waals surface area contributed by atoms with Gasteiger partial charge in [0.1, 0.15) is 5.82 Å². The van der Waals surface area contributed by atoms with Gasteiger partial charge in [-0.25, -0.2) is 4.98 Å². The van der Waals surface area contributed by atoms with Crippen molar-refractivity contribution in [2.75, 3.05) is 6.54 Å². The molecule has 0 aliphatic rings. The van der Waals surface area contributed by atoms with E-state index < -0.39 is 0 Å². The smallest absolute Gasteiger partial charge is 0.115 e. The Morgan fingerprint density at radius 2 is 2.06 bits per heavy atom. The molecule has 3 nitrogen and oxygen atoms in total. The van der Waals surface area contributed by atoms with Crippen molar-refractivity contribution in [3.8, 4) is 0 Å². The van der Waals surface area contributed by atoms with Crippen LogP contribution in [0.5, 0.6) is 0 Å². The third kappa shape index (κ3) is 2.76. The molecule has 2 aromatic rings. The van der Waals surface area contributed by atoms with Gasteiger partial charge < -0.3 is 10.3 Å². The maximum Gasteiger partial charge on any atom is 0.115 e. The minimum absolute atomic E-state index is 0.271. The molecule has 2 rings (SSSR count). The predicted octanol–water partition coefficient (Wildman–Crippen LogP) is 2.66. The van der Waals surface area contributed by atoms with E-state index in [1.165, 1.54) is 5.56 Å². The zero-order valence-electron chi connectivity index (χ0n) is 9.81. The fourth-order valence-electron chi connectivity index (χ4n) is 2.02. The molecule has 1 heterocycles. The van der Waals surface area contributed by atoms with E-state index in [1.807, 2.05) is 19.4 Å². The third-order valence-corrected chi connectivity index (χ3v) is 3.43. The van der Waals surface area contributed by atoms with Gasteiger partial charge in [0.2, 0.25) is 0 Å². The molecule has 4 heteroatoms. The van der Waals surface area contributed by atoms with Crippen LogP contribution in [-0.4, -0.2) is 16.1 Å². The Hall–Kier alpha value is -1.13. The first kappa shape index (κ1) is 12.3. The molecule has 0 amide bonds. The number of benzene rings is 1. The SMILES string of the molecule is Cn1ccnc1C(CCN)c1ccc(Br)cc1. The van der Waals surface area contributed by atoms with E-state index in [-0.39, 0.29) is 5.92 Å². The first-order chi connectivity index (χ1) is 8.22. The minimum Gasteiger partial charge on any atom is -0.337 e. The second-order valence-corrected chi connectivity index (χ2v) is 4.99. The van der Waals surface area contributed by atoms with Crippen LogP contribution >= 0.6 is 15.9 Å². The number of aryl methyl sites for hydroxylation is 1. The zero-order valence-corrected chi connectivity index (χ0v) is 11.4. The number of imidazole rings is 1. The van der Waals surface area contributed by atoms with Crippen molar-refractivity contribution in [1.82, 2.24) is 9.55 Å². The zero-order chi connectivity index (χ0) is 12.3. The second-order valence-electron chi connectivity index (χ2n) is 4.08. The molecule has 0 bridgehead atoms. The fourth-order valence-corrected chi connectivity index (χ4v) is 2.28. The van der Waals surface area contributed by atoms with Crippen molar-refractivity contribution >= 4 is 15.9 Å². The number of nitrogens with two attached hydrogens (primary N) is 1. The van der Waals surface area contributed by atoms with E-state index in [4.69, 9.17) is 5.73 Å². The van der Waals surface area contributed by atoms with Gasteiger partial charge in [-0.3, -0.25) is 0 Å². The van der Waals surface area contributed by atoms with Gasteiger partial charge in [0.25, 0.3) is 0 Å². The van der Waals surface area contributed by atoms with Crippen LogP contribution in [0.15, 0.2) is 41.1 Å². The van der Waals surface area contributed by atoms with Crippen LogP contribution in [0.3, 0.4) is 0 Å². The van der Waals surface area contributed by atoms with Crippen LogP contribution in [0.4, 0.5) is 0 Å². The highest BCUT2D eigenvalue weighted by Gasteiger charge is 2.17. The molecule has 1 unspecified atom stereocenters. The monoisotopic (exact) mass is 293 g/mol. The molecule has 0 saturated heterocycles. The van der Waals surface area contributed by atoms with Crippen molar-refractivity contribution in [2.45, 2.75) is 12.3 Å². The normalized spacial score (nSPS) is 12.6. The summed E-state index contributed by atoms with van der Waals surface area (Å²) in [5.74, 6) is 1.34. The van der Waals surface area contributed by atoms with Crippen molar-refractivity contribution in [2.24, 2.45) is 12.8 Å². The lowest BCUT2D eigenvalue weighted by Gasteiger charge is -2.16. The highest BCUT2D eigenvalue weighted by atomic mass is 79.9. The summed E-state index contributed by atoms with van der Waals surface area (Å²) in [5.41, 5.74) is 6.96. The van der Waals surface area contributed by atoms with E-state index >= 15 is 0 Å². The summed E-state index contributed by atoms with van der Waals surface area (Å²) in [6.07, 6.45) is 4.71. The Morgan fingerprint density at radius 1 is 1.35 bits per heavy atom. The molecule has 0 aliphatic heterocycles. The van der Waals surface area contributed by atoms with Crippen LogP contribution in [0.2, 0.25) is 0 Å². The number of aromatic nitrogens is 2. The average Bonchev–Trinajstić information content (AvgIpc) is 2.74. The standard InChI is InChI=1S/C13H16BrN3/c1-17-9-8-16-13(17)12(6-7-15)10-2-4-11(14)5-3-10/h2-5,8-9,12H,6-7,15H2,1H3. The highest BCUT2D eigenvalue weighted by molar-refractivity contribution is 9.10. The predicted molar refractivity (Wildman–Crippen MR) is 72.9 cm³/mol. The lowest BCUT2D eigenvalue weighted by Crippen LogP contribution is -2.12. The summed E-state index contributed by atoms with van der Waals surface area (Å²) >= 11 is 3.45. The van der Waals surface area contributed by atoms with Gasteiger partial charge in [-0.05, 0) is 30.7 Å². The molecule has 90 valence electrons. The van der Waals surface area contributed by atoms with Crippen LogP contribution in [0.25, 0.3) is 0 Å². The van der Waals surface area contributed by atoms with Gasteiger partial charge in [-0.1, -0.05) is 28.1 Å². The van der Waals surface area contributed by atoms with Gasteiger partial charge in [0, 0.05) is 29.8 Å². The maximum atomic E-state index is 5.71. The summed E-state index contributed by atoms with van der Waals surface area (Å²) in [6, 6.07) is 8.36. The Morgan fingerprint density at radius 3 is 2.59 bits per heavy atom. The fraction of sp³-hybridized carbons (Fsp3) is 0.308. The molecule has 2 N–H and O–H groups in total. The Bertz CT molecular complexity index is 476. The van der Waals surface area contributed by atoms with Crippen molar-refractivity contribution in [3.05, 3.63) is 52.5 Å². The quantitative estimate of drug-likeness (QED) is 0.942. The Balaban J connectivity index is 2.35. The van der Waals surface area contributed by atoms with Crippen molar-refractivity contribution in [3.63, 3.8) is 0 Å². The molecular formula is C13H16BrN3.